The van der Waals surface area contributed by atoms with Crippen LogP contribution in [0.3, 0.4) is 0 Å². The number of aliphatic carboxylic acids is 1. The van der Waals surface area contributed by atoms with Crippen LogP contribution in [0.25, 0.3) is 0 Å². The van der Waals surface area contributed by atoms with Gasteiger partial charge in [-0.2, -0.15) is 0 Å². The Balaban J connectivity index is 1.71. The molecule has 1 aliphatic carbocycles. The van der Waals surface area contributed by atoms with Crippen LogP contribution in [0.1, 0.15) is 75.3 Å². The molecule has 2 rings (SSSR count). The zero-order valence-electron chi connectivity index (χ0n) is 17.7. The minimum atomic E-state index is -0.750. The molecule has 0 amide bonds. The highest BCUT2D eigenvalue weighted by molar-refractivity contribution is 5.66. The lowest BCUT2D eigenvalue weighted by atomic mass is 9.84. The molecule has 0 heterocycles. The maximum atomic E-state index is 10.6. The highest BCUT2D eigenvalue weighted by Crippen LogP contribution is 2.39. The molecule has 0 spiro atoms. The van der Waals surface area contributed by atoms with Gasteiger partial charge in [-0.25, -0.2) is 0 Å². The molecule has 1 aliphatic rings. The van der Waals surface area contributed by atoms with Gasteiger partial charge in [0.15, 0.2) is 0 Å². The molecule has 0 aliphatic heterocycles. The first-order valence-electron chi connectivity index (χ1n) is 11.2. The van der Waals surface area contributed by atoms with Gasteiger partial charge < -0.3 is 20.4 Å². The van der Waals surface area contributed by atoms with Crippen molar-refractivity contribution >= 4 is 5.97 Å². The zero-order valence-corrected chi connectivity index (χ0v) is 17.7. The molecule has 5 heteroatoms. The van der Waals surface area contributed by atoms with Crippen LogP contribution in [0.2, 0.25) is 0 Å². The molecular formula is C24H38O5. The number of unbranched alkanes of at least 4 members (excludes halogenated alkanes) is 3. The van der Waals surface area contributed by atoms with Crippen molar-refractivity contribution in [1.29, 1.82) is 0 Å². The molecule has 29 heavy (non-hydrogen) atoms. The van der Waals surface area contributed by atoms with Gasteiger partial charge >= 0.3 is 5.97 Å². The minimum absolute atomic E-state index is 0.0395. The van der Waals surface area contributed by atoms with Gasteiger partial charge in [-0.15, -0.1) is 0 Å². The predicted molar refractivity (Wildman–Crippen MR) is 114 cm³/mol. The molecule has 164 valence electrons. The summed E-state index contributed by atoms with van der Waals surface area (Å²) in [6.45, 7) is 2.07. The van der Waals surface area contributed by atoms with Crippen molar-refractivity contribution < 1.29 is 25.2 Å². The van der Waals surface area contributed by atoms with Crippen LogP contribution in [-0.4, -0.2) is 44.7 Å². The summed E-state index contributed by atoms with van der Waals surface area (Å²) < 4.78 is 0. The molecule has 1 fully saturated rings. The predicted octanol–water partition coefficient (Wildman–Crippen LogP) is 3.85. The van der Waals surface area contributed by atoms with E-state index in [2.05, 4.69) is 25.1 Å². The molecule has 0 radical (unpaired) electrons. The standard InChI is InChI=1S/C24H38O5/c1-17-7-6-8-18(15-17)11-12-19(25)13-14-21-20(22(26)16-23(21)27)9-4-2-3-5-10-24(28)29/h6-8,15,19-23,25-27H,2-5,9-14,16H2,1H3,(H,28,29). The van der Waals surface area contributed by atoms with Gasteiger partial charge in [0.25, 0.3) is 0 Å². The lowest BCUT2D eigenvalue weighted by molar-refractivity contribution is -0.137. The Hall–Kier alpha value is -1.43. The highest BCUT2D eigenvalue weighted by Gasteiger charge is 2.40. The first kappa shape index (κ1) is 23.8. The number of carbonyl (C=O) groups is 1. The van der Waals surface area contributed by atoms with Crippen LogP contribution in [0, 0.1) is 18.8 Å². The summed E-state index contributed by atoms with van der Waals surface area (Å²) in [5.74, 6) is -0.633. The summed E-state index contributed by atoms with van der Waals surface area (Å²) in [5, 5.41) is 39.8. The molecule has 1 aromatic rings. The molecule has 0 aromatic heterocycles. The van der Waals surface area contributed by atoms with E-state index in [1.807, 2.05) is 6.07 Å². The van der Waals surface area contributed by atoms with Crippen molar-refractivity contribution in [2.75, 3.05) is 0 Å². The Bertz CT molecular complexity index is 617. The molecule has 0 bridgehead atoms. The molecule has 5 atom stereocenters. The van der Waals surface area contributed by atoms with Gasteiger partial charge in [0.1, 0.15) is 0 Å². The third-order valence-electron chi connectivity index (χ3n) is 6.38. The summed E-state index contributed by atoms with van der Waals surface area (Å²) in [6, 6.07) is 8.35. The summed E-state index contributed by atoms with van der Waals surface area (Å²) in [6.07, 6.45) is 6.56. The molecule has 5 unspecified atom stereocenters. The number of hydrogen-bond acceptors (Lipinski definition) is 4. The molecule has 0 saturated heterocycles. The SMILES string of the molecule is Cc1cccc(CCC(O)CCC2C(O)CC(O)C2CCCCCCC(=O)O)c1. The topological polar surface area (TPSA) is 98.0 Å². The Labute approximate surface area is 174 Å². The van der Waals surface area contributed by atoms with Crippen molar-refractivity contribution in [1.82, 2.24) is 0 Å². The number of rotatable bonds is 13. The van der Waals surface area contributed by atoms with E-state index in [0.29, 0.717) is 25.7 Å². The third-order valence-corrected chi connectivity index (χ3v) is 6.38. The highest BCUT2D eigenvalue weighted by atomic mass is 16.4. The van der Waals surface area contributed by atoms with E-state index in [9.17, 15) is 20.1 Å². The molecule has 1 saturated carbocycles. The number of aliphatic hydroxyl groups excluding tert-OH is 3. The van der Waals surface area contributed by atoms with Crippen molar-refractivity contribution in [3.63, 3.8) is 0 Å². The van der Waals surface area contributed by atoms with Crippen LogP contribution in [-0.2, 0) is 11.2 Å². The average Bonchev–Trinajstić information content (AvgIpc) is 2.93. The van der Waals surface area contributed by atoms with Crippen LogP contribution in [0.4, 0.5) is 0 Å². The minimum Gasteiger partial charge on any atom is -0.481 e. The fourth-order valence-electron chi connectivity index (χ4n) is 4.72. The van der Waals surface area contributed by atoms with Crippen LogP contribution in [0.15, 0.2) is 24.3 Å². The summed E-state index contributed by atoms with van der Waals surface area (Å²) in [7, 11) is 0. The first-order chi connectivity index (χ1) is 13.9. The van der Waals surface area contributed by atoms with Crippen LogP contribution in [0.5, 0.6) is 0 Å². The molecule has 5 nitrogen and oxygen atoms in total. The van der Waals surface area contributed by atoms with Gasteiger partial charge in [-0.3, -0.25) is 4.79 Å². The fraction of sp³-hybridized carbons (Fsp3) is 0.708. The number of hydrogen-bond donors (Lipinski definition) is 4. The number of aliphatic hydroxyl groups is 3. The van der Waals surface area contributed by atoms with E-state index in [1.54, 1.807) is 0 Å². The number of carboxylic acid groups (broad SMARTS) is 1. The number of benzene rings is 1. The fourth-order valence-corrected chi connectivity index (χ4v) is 4.72. The zero-order chi connectivity index (χ0) is 21.2. The average molecular weight is 407 g/mol. The first-order valence-corrected chi connectivity index (χ1v) is 11.2. The lowest BCUT2D eigenvalue weighted by Gasteiger charge is -2.24. The van der Waals surface area contributed by atoms with Crippen molar-refractivity contribution in [2.24, 2.45) is 11.8 Å². The van der Waals surface area contributed by atoms with Crippen molar-refractivity contribution in [3.8, 4) is 0 Å². The number of aryl methyl sites for hydroxylation is 2. The second kappa shape index (κ2) is 12.3. The maximum absolute atomic E-state index is 10.6. The van der Waals surface area contributed by atoms with E-state index < -0.39 is 24.3 Å². The van der Waals surface area contributed by atoms with Gasteiger partial charge in [0.2, 0.25) is 0 Å². The lowest BCUT2D eigenvalue weighted by Crippen LogP contribution is -2.24. The van der Waals surface area contributed by atoms with E-state index in [4.69, 9.17) is 5.11 Å². The van der Waals surface area contributed by atoms with E-state index >= 15 is 0 Å². The third kappa shape index (κ3) is 8.45. The Morgan fingerprint density at radius 2 is 1.72 bits per heavy atom. The van der Waals surface area contributed by atoms with Gasteiger partial charge in [0, 0.05) is 6.42 Å². The molecular weight excluding hydrogens is 368 g/mol. The van der Waals surface area contributed by atoms with Gasteiger partial charge in [-0.1, -0.05) is 49.1 Å². The number of carboxylic acids is 1. The van der Waals surface area contributed by atoms with Crippen LogP contribution < -0.4 is 0 Å². The molecule has 1 aromatic carbocycles. The van der Waals surface area contributed by atoms with E-state index in [1.165, 1.54) is 11.1 Å². The monoisotopic (exact) mass is 406 g/mol. The Kier molecular flexibility index (Phi) is 10.1. The normalized spacial score (nSPS) is 25.2. The Morgan fingerprint density at radius 3 is 2.41 bits per heavy atom. The van der Waals surface area contributed by atoms with Crippen LogP contribution >= 0.6 is 0 Å². The smallest absolute Gasteiger partial charge is 0.303 e. The summed E-state index contributed by atoms with van der Waals surface area (Å²) >= 11 is 0. The summed E-state index contributed by atoms with van der Waals surface area (Å²) in [5.41, 5.74) is 2.46. The van der Waals surface area contributed by atoms with Gasteiger partial charge in [0.05, 0.1) is 18.3 Å². The van der Waals surface area contributed by atoms with Gasteiger partial charge in [-0.05, 0) is 69.3 Å². The second-order valence-electron chi connectivity index (χ2n) is 8.80. The van der Waals surface area contributed by atoms with Crippen molar-refractivity contribution in [3.05, 3.63) is 35.4 Å². The van der Waals surface area contributed by atoms with E-state index in [0.717, 1.165) is 38.5 Å². The largest absolute Gasteiger partial charge is 0.481 e. The van der Waals surface area contributed by atoms with E-state index in [-0.39, 0.29) is 18.3 Å². The maximum Gasteiger partial charge on any atom is 0.303 e. The summed E-state index contributed by atoms with van der Waals surface area (Å²) in [4.78, 5) is 10.6. The Morgan fingerprint density at radius 1 is 1.03 bits per heavy atom. The quantitative estimate of drug-likeness (QED) is 0.373. The van der Waals surface area contributed by atoms with Crippen molar-refractivity contribution in [2.45, 2.75) is 95.9 Å². The molecule has 4 N–H and O–H groups in total. The second-order valence-corrected chi connectivity index (χ2v) is 8.80.